The minimum atomic E-state index is 0.569. The molecule has 2 aromatic carbocycles. The lowest BCUT2D eigenvalue weighted by Crippen LogP contribution is -2.36. The van der Waals surface area contributed by atoms with Crippen molar-refractivity contribution in [2.45, 2.75) is 26.9 Å². The van der Waals surface area contributed by atoms with Crippen LogP contribution < -0.4 is 24.8 Å². The molecule has 0 aliphatic heterocycles. The SMILES string of the molecule is CCNC(=NCc1cc(C)cc(OC)c1)NCc1ccc(OC)c(OC)c1. The van der Waals surface area contributed by atoms with Crippen LogP contribution in [0.5, 0.6) is 17.2 Å². The second kappa shape index (κ2) is 10.3. The van der Waals surface area contributed by atoms with E-state index in [0.717, 1.165) is 40.7 Å². The molecule has 6 heteroatoms. The van der Waals surface area contributed by atoms with Crippen molar-refractivity contribution in [3.05, 3.63) is 53.1 Å². The van der Waals surface area contributed by atoms with E-state index in [0.29, 0.717) is 18.8 Å². The van der Waals surface area contributed by atoms with E-state index >= 15 is 0 Å². The van der Waals surface area contributed by atoms with E-state index in [1.165, 1.54) is 0 Å². The van der Waals surface area contributed by atoms with Crippen molar-refractivity contribution in [1.82, 2.24) is 10.6 Å². The van der Waals surface area contributed by atoms with Crippen molar-refractivity contribution < 1.29 is 14.2 Å². The summed E-state index contributed by atoms with van der Waals surface area (Å²) in [6, 6.07) is 12.0. The minimum Gasteiger partial charge on any atom is -0.497 e. The molecular formula is C21H29N3O3. The van der Waals surface area contributed by atoms with Gasteiger partial charge in [-0.2, -0.15) is 0 Å². The fourth-order valence-electron chi connectivity index (χ4n) is 2.72. The summed E-state index contributed by atoms with van der Waals surface area (Å²) in [7, 11) is 4.94. The molecule has 0 fully saturated rings. The van der Waals surface area contributed by atoms with Crippen molar-refractivity contribution in [2.24, 2.45) is 4.99 Å². The maximum Gasteiger partial charge on any atom is 0.191 e. The third-order valence-electron chi connectivity index (χ3n) is 4.02. The number of aliphatic imine (C=N–C) groups is 1. The standard InChI is InChI=1S/C21H29N3O3/c1-6-22-21(24-14-17-9-15(2)10-18(11-17)25-3)23-13-16-7-8-19(26-4)20(12-16)27-5/h7-12H,6,13-14H2,1-5H3,(H2,22,23,24). The predicted molar refractivity (Wildman–Crippen MR) is 109 cm³/mol. The molecule has 6 nitrogen and oxygen atoms in total. The van der Waals surface area contributed by atoms with Gasteiger partial charge in [-0.05, 0) is 54.8 Å². The van der Waals surface area contributed by atoms with Crippen molar-refractivity contribution in [3.8, 4) is 17.2 Å². The minimum absolute atomic E-state index is 0.569. The lowest BCUT2D eigenvalue weighted by atomic mass is 10.1. The number of rotatable bonds is 8. The van der Waals surface area contributed by atoms with Gasteiger partial charge in [-0.25, -0.2) is 4.99 Å². The average Bonchev–Trinajstić information content (AvgIpc) is 2.69. The molecule has 0 heterocycles. The lowest BCUT2D eigenvalue weighted by Gasteiger charge is -2.13. The summed E-state index contributed by atoms with van der Waals surface area (Å²) >= 11 is 0. The number of nitrogens with one attached hydrogen (secondary N) is 2. The Morgan fingerprint density at radius 2 is 1.67 bits per heavy atom. The quantitative estimate of drug-likeness (QED) is 0.551. The van der Waals surface area contributed by atoms with E-state index in [2.05, 4.69) is 28.6 Å². The molecule has 0 bridgehead atoms. The maximum atomic E-state index is 5.36. The molecule has 0 aliphatic carbocycles. The van der Waals surface area contributed by atoms with Crippen molar-refractivity contribution in [2.75, 3.05) is 27.9 Å². The Labute approximate surface area is 161 Å². The summed E-state index contributed by atoms with van der Waals surface area (Å²) in [5.74, 6) is 3.04. The maximum absolute atomic E-state index is 5.36. The molecule has 0 spiro atoms. The summed E-state index contributed by atoms with van der Waals surface area (Å²) in [5.41, 5.74) is 3.34. The van der Waals surface area contributed by atoms with Gasteiger partial charge in [0.05, 0.1) is 27.9 Å². The van der Waals surface area contributed by atoms with Crippen LogP contribution in [0.4, 0.5) is 0 Å². The number of ether oxygens (including phenoxy) is 3. The Bertz CT molecular complexity index is 775. The molecule has 27 heavy (non-hydrogen) atoms. The van der Waals surface area contributed by atoms with Crippen molar-refractivity contribution in [3.63, 3.8) is 0 Å². The van der Waals surface area contributed by atoms with Gasteiger partial charge in [0.25, 0.3) is 0 Å². The molecule has 0 atom stereocenters. The molecular weight excluding hydrogens is 342 g/mol. The fourth-order valence-corrected chi connectivity index (χ4v) is 2.72. The second-order valence-electron chi connectivity index (χ2n) is 6.10. The normalized spacial score (nSPS) is 11.1. The molecule has 2 aromatic rings. The molecule has 0 amide bonds. The summed E-state index contributed by atoms with van der Waals surface area (Å²) < 4.78 is 16.0. The van der Waals surface area contributed by atoms with Gasteiger partial charge in [-0.3, -0.25) is 0 Å². The van der Waals surface area contributed by atoms with Gasteiger partial charge < -0.3 is 24.8 Å². The van der Waals surface area contributed by atoms with Gasteiger partial charge in [0.15, 0.2) is 17.5 Å². The highest BCUT2D eigenvalue weighted by molar-refractivity contribution is 5.79. The Morgan fingerprint density at radius 3 is 2.33 bits per heavy atom. The van der Waals surface area contributed by atoms with Crippen LogP contribution in [0, 0.1) is 6.92 Å². The molecule has 0 aliphatic rings. The van der Waals surface area contributed by atoms with Crippen LogP contribution in [0.3, 0.4) is 0 Å². The number of nitrogens with zero attached hydrogens (tertiary/aromatic N) is 1. The first-order chi connectivity index (χ1) is 13.1. The summed E-state index contributed by atoms with van der Waals surface area (Å²) in [6.45, 7) is 6.08. The largest absolute Gasteiger partial charge is 0.497 e. The number of hydrogen-bond donors (Lipinski definition) is 2. The molecule has 0 aromatic heterocycles. The van der Waals surface area contributed by atoms with Crippen LogP contribution in [-0.2, 0) is 13.1 Å². The summed E-state index contributed by atoms with van der Waals surface area (Å²) in [6.07, 6.45) is 0. The van der Waals surface area contributed by atoms with Gasteiger partial charge >= 0.3 is 0 Å². The molecule has 2 N–H and O–H groups in total. The van der Waals surface area contributed by atoms with Crippen LogP contribution in [0.15, 0.2) is 41.4 Å². The van der Waals surface area contributed by atoms with E-state index in [9.17, 15) is 0 Å². The number of benzene rings is 2. The number of methoxy groups -OCH3 is 3. The molecule has 0 radical (unpaired) electrons. The zero-order valence-electron chi connectivity index (χ0n) is 16.8. The fraction of sp³-hybridized carbons (Fsp3) is 0.381. The molecule has 0 unspecified atom stereocenters. The predicted octanol–water partition coefficient (Wildman–Crippen LogP) is 3.28. The lowest BCUT2D eigenvalue weighted by molar-refractivity contribution is 0.354. The van der Waals surface area contributed by atoms with Crippen molar-refractivity contribution >= 4 is 5.96 Å². The van der Waals surface area contributed by atoms with Crippen LogP contribution in [-0.4, -0.2) is 33.8 Å². The first-order valence-corrected chi connectivity index (χ1v) is 8.97. The van der Waals surface area contributed by atoms with Gasteiger partial charge in [-0.1, -0.05) is 12.1 Å². The highest BCUT2D eigenvalue weighted by Crippen LogP contribution is 2.27. The Morgan fingerprint density at radius 1 is 0.889 bits per heavy atom. The zero-order chi connectivity index (χ0) is 19.6. The Hall–Kier alpha value is -2.89. The zero-order valence-corrected chi connectivity index (χ0v) is 16.8. The Kier molecular flexibility index (Phi) is 7.79. The number of guanidine groups is 1. The summed E-state index contributed by atoms with van der Waals surface area (Å²) in [5, 5.41) is 6.62. The van der Waals surface area contributed by atoms with Gasteiger partial charge in [0.2, 0.25) is 0 Å². The van der Waals surface area contributed by atoms with Crippen LogP contribution in [0.25, 0.3) is 0 Å². The number of aryl methyl sites for hydroxylation is 1. The first kappa shape index (κ1) is 20.4. The van der Waals surface area contributed by atoms with Gasteiger partial charge in [0.1, 0.15) is 5.75 Å². The van der Waals surface area contributed by atoms with E-state index in [1.54, 1.807) is 21.3 Å². The van der Waals surface area contributed by atoms with Crippen LogP contribution >= 0.6 is 0 Å². The molecule has 0 saturated carbocycles. The number of hydrogen-bond acceptors (Lipinski definition) is 4. The molecule has 0 saturated heterocycles. The highest BCUT2D eigenvalue weighted by Gasteiger charge is 2.06. The molecule has 146 valence electrons. The van der Waals surface area contributed by atoms with E-state index in [-0.39, 0.29) is 0 Å². The van der Waals surface area contributed by atoms with E-state index < -0.39 is 0 Å². The van der Waals surface area contributed by atoms with Crippen LogP contribution in [0.1, 0.15) is 23.6 Å². The molecule has 2 rings (SSSR count). The van der Waals surface area contributed by atoms with E-state index in [1.807, 2.05) is 37.3 Å². The summed E-state index contributed by atoms with van der Waals surface area (Å²) in [4.78, 5) is 4.67. The van der Waals surface area contributed by atoms with Crippen molar-refractivity contribution in [1.29, 1.82) is 0 Å². The average molecular weight is 371 g/mol. The Balaban J connectivity index is 2.06. The third-order valence-corrected chi connectivity index (χ3v) is 4.02. The van der Waals surface area contributed by atoms with Gasteiger partial charge in [0, 0.05) is 13.1 Å². The van der Waals surface area contributed by atoms with E-state index in [4.69, 9.17) is 14.2 Å². The topological polar surface area (TPSA) is 64.1 Å². The smallest absolute Gasteiger partial charge is 0.191 e. The highest BCUT2D eigenvalue weighted by atomic mass is 16.5. The van der Waals surface area contributed by atoms with Crippen LogP contribution in [0.2, 0.25) is 0 Å². The second-order valence-corrected chi connectivity index (χ2v) is 6.10. The first-order valence-electron chi connectivity index (χ1n) is 8.97. The third kappa shape index (κ3) is 6.09. The monoisotopic (exact) mass is 371 g/mol. The van der Waals surface area contributed by atoms with Gasteiger partial charge in [-0.15, -0.1) is 0 Å².